The van der Waals surface area contributed by atoms with Gasteiger partial charge in [0.1, 0.15) is 5.82 Å². The number of rotatable bonds is 2. The number of thiazole rings is 1. The zero-order valence-corrected chi connectivity index (χ0v) is 11.7. The molecule has 0 unspecified atom stereocenters. The second kappa shape index (κ2) is 4.79. The van der Waals surface area contributed by atoms with Crippen molar-refractivity contribution in [2.24, 2.45) is 0 Å². The molecule has 0 aliphatic carbocycles. The van der Waals surface area contributed by atoms with Crippen molar-refractivity contribution >= 4 is 43.1 Å². The maximum absolute atomic E-state index is 13.2. The fourth-order valence-corrected chi connectivity index (χ4v) is 3.16. The lowest BCUT2D eigenvalue weighted by atomic mass is 10.1. The van der Waals surface area contributed by atoms with E-state index in [1.807, 2.05) is 30.5 Å². The van der Waals surface area contributed by atoms with Gasteiger partial charge in [0.15, 0.2) is 5.13 Å². The highest BCUT2D eigenvalue weighted by molar-refractivity contribution is 7.22. The Balaban J connectivity index is 1.79. The first-order valence-corrected chi connectivity index (χ1v) is 7.27. The van der Waals surface area contributed by atoms with Crippen LogP contribution in [0.3, 0.4) is 0 Å². The topological polar surface area (TPSA) is 37.8 Å². The van der Waals surface area contributed by atoms with Crippen molar-refractivity contribution in [3.8, 4) is 0 Å². The van der Waals surface area contributed by atoms with Gasteiger partial charge in [-0.15, -0.1) is 0 Å². The zero-order valence-electron chi connectivity index (χ0n) is 10.9. The molecule has 0 radical (unpaired) electrons. The fourth-order valence-electron chi connectivity index (χ4n) is 2.30. The van der Waals surface area contributed by atoms with Gasteiger partial charge in [-0.25, -0.2) is 9.37 Å². The van der Waals surface area contributed by atoms with Crippen LogP contribution in [-0.4, -0.2) is 9.97 Å². The molecule has 0 saturated heterocycles. The molecule has 21 heavy (non-hydrogen) atoms. The number of aromatic nitrogens is 2. The standard InChI is InChI=1S/C16H10FN3S/c17-11-4-5-15-14(8-11)20-16(21-15)19-13-3-1-2-10-9-18-7-6-12(10)13/h1-9H,(H,19,20). The minimum Gasteiger partial charge on any atom is -0.331 e. The second-order valence-electron chi connectivity index (χ2n) is 4.66. The molecule has 0 fully saturated rings. The highest BCUT2D eigenvalue weighted by atomic mass is 32.1. The van der Waals surface area contributed by atoms with E-state index in [-0.39, 0.29) is 5.82 Å². The maximum Gasteiger partial charge on any atom is 0.188 e. The highest BCUT2D eigenvalue weighted by Crippen LogP contribution is 2.31. The molecule has 0 atom stereocenters. The minimum atomic E-state index is -0.268. The molecule has 0 aliphatic rings. The first-order valence-electron chi connectivity index (χ1n) is 6.45. The van der Waals surface area contributed by atoms with Gasteiger partial charge in [0.05, 0.1) is 10.2 Å². The molecule has 0 aliphatic heterocycles. The molecule has 0 spiro atoms. The Labute approximate surface area is 124 Å². The molecule has 0 amide bonds. The molecule has 4 aromatic rings. The lowest BCUT2D eigenvalue weighted by Gasteiger charge is -2.06. The van der Waals surface area contributed by atoms with E-state index in [0.717, 1.165) is 26.3 Å². The number of hydrogen-bond donors (Lipinski definition) is 1. The van der Waals surface area contributed by atoms with Crippen LogP contribution in [0.2, 0.25) is 0 Å². The van der Waals surface area contributed by atoms with Crippen molar-refractivity contribution in [1.82, 2.24) is 9.97 Å². The minimum absolute atomic E-state index is 0.268. The van der Waals surface area contributed by atoms with Gasteiger partial charge in [0, 0.05) is 34.9 Å². The van der Waals surface area contributed by atoms with Crippen LogP contribution in [0, 0.1) is 5.82 Å². The molecule has 0 saturated carbocycles. The number of nitrogens with zero attached hydrogens (tertiary/aromatic N) is 2. The van der Waals surface area contributed by atoms with Crippen LogP contribution in [0.1, 0.15) is 0 Å². The van der Waals surface area contributed by atoms with E-state index in [9.17, 15) is 4.39 Å². The summed E-state index contributed by atoms with van der Waals surface area (Å²) in [5.74, 6) is -0.268. The average Bonchev–Trinajstić information content (AvgIpc) is 2.89. The van der Waals surface area contributed by atoms with Crippen molar-refractivity contribution in [1.29, 1.82) is 0 Å². The summed E-state index contributed by atoms with van der Waals surface area (Å²) in [6.07, 6.45) is 3.59. The first-order chi connectivity index (χ1) is 10.3. The second-order valence-corrected chi connectivity index (χ2v) is 5.69. The van der Waals surface area contributed by atoms with Gasteiger partial charge >= 0.3 is 0 Å². The van der Waals surface area contributed by atoms with Crippen LogP contribution < -0.4 is 5.32 Å². The largest absolute Gasteiger partial charge is 0.331 e. The average molecular weight is 295 g/mol. The Kier molecular flexibility index (Phi) is 2.79. The third kappa shape index (κ3) is 2.21. The lowest BCUT2D eigenvalue weighted by Crippen LogP contribution is -1.90. The Bertz CT molecular complexity index is 943. The number of nitrogens with one attached hydrogen (secondary N) is 1. The zero-order chi connectivity index (χ0) is 14.2. The van der Waals surface area contributed by atoms with Crippen molar-refractivity contribution in [3.05, 3.63) is 60.7 Å². The number of hydrogen-bond acceptors (Lipinski definition) is 4. The summed E-state index contributed by atoms with van der Waals surface area (Å²) in [6.45, 7) is 0. The van der Waals surface area contributed by atoms with Gasteiger partial charge in [-0.05, 0) is 24.3 Å². The van der Waals surface area contributed by atoms with Gasteiger partial charge in [0.25, 0.3) is 0 Å². The fraction of sp³-hybridized carbons (Fsp3) is 0. The Morgan fingerprint density at radius 2 is 2.05 bits per heavy atom. The molecule has 4 rings (SSSR count). The summed E-state index contributed by atoms with van der Waals surface area (Å²) in [5.41, 5.74) is 1.64. The van der Waals surface area contributed by atoms with Gasteiger partial charge in [-0.2, -0.15) is 0 Å². The Hall–Kier alpha value is -2.53. The highest BCUT2D eigenvalue weighted by Gasteiger charge is 2.07. The van der Waals surface area contributed by atoms with E-state index in [0.29, 0.717) is 5.52 Å². The number of pyridine rings is 1. The summed E-state index contributed by atoms with van der Waals surface area (Å²) in [5, 5.41) is 6.21. The van der Waals surface area contributed by atoms with Crippen molar-refractivity contribution in [2.75, 3.05) is 5.32 Å². The third-order valence-corrected chi connectivity index (χ3v) is 4.22. The van der Waals surface area contributed by atoms with Gasteiger partial charge in [0.2, 0.25) is 0 Å². The summed E-state index contributed by atoms with van der Waals surface area (Å²) >= 11 is 1.50. The summed E-state index contributed by atoms with van der Waals surface area (Å²) in [7, 11) is 0. The van der Waals surface area contributed by atoms with Gasteiger partial charge in [-0.1, -0.05) is 23.5 Å². The number of fused-ring (bicyclic) bond motifs is 2. The molecule has 0 bridgehead atoms. The van der Waals surface area contributed by atoms with Crippen molar-refractivity contribution in [3.63, 3.8) is 0 Å². The van der Waals surface area contributed by atoms with Crippen LogP contribution in [0.4, 0.5) is 15.2 Å². The van der Waals surface area contributed by atoms with Gasteiger partial charge < -0.3 is 5.32 Å². The molecule has 5 heteroatoms. The predicted molar refractivity (Wildman–Crippen MR) is 84.6 cm³/mol. The molecular formula is C16H10FN3S. The normalized spacial score (nSPS) is 11.1. The number of halogens is 1. The van der Waals surface area contributed by atoms with Gasteiger partial charge in [-0.3, -0.25) is 4.98 Å². The van der Waals surface area contributed by atoms with E-state index in [4.69, 9.17) is 0 Å². The van der Waals surface area contributed by atoms with Crippen LogP contribution in [-0.2, 0) is 0 Å². The van der Waals surface area contributed by atoms with Crippen molar-refractivity contribution < 1.29 is 4.39 Å². The summed E-state index contributed by atoms with van der Waals surface area (Å²) in [4.78, 5) is 8.55. The van der Waals surface area contributed by atoms with E-state index < -0.39 is 0 Å². The van der Waals surface area contributed by atoms with Crippen LogP contribution in [0.25, 0.3) is 21.0 Å². The molecule has 3 nitrogen and oxygen atoms in total. The molecule has 102 valence electrons. The first kappa shape index (κ1) is 12.2. The summed E-state index contributed by atoms with van der Waals surface area (Å²) < 4.78 is 14.2. The number of anilines is 2. The van der Waals surface area contributed by atoms with Crippen LogP contribution >= 0.6 is 11.3 Å². The van der Waals surface area contributed by atoms with E-state index >= 15 is 0 Å². The SMILES string of the molecule is Fc1ccc2sc(Nc3cccc4cnccc34)nc2c1. The molecule has 1 N–H and O–H groups in total. The monoisotopic (exact) mass is 295 g/mol. The third-order valence-electron chi connectivity index (χ3n) is 3.27. The molecular weight excluding hydrogens is 285 g/mol. The predicted octanol–water partition coefficient (Wildman–Crippen LogP) is 4.73. The smallest absolute Gasteiger partial charge is 0.188 e. The molecule has 2 aromatic heterocycles. The molecule has 2 heterocycles. The van der Waals surface area contributed by atoms with Crippen molar-refractivity contribution in [2.45, 2.75) is 0 Å². The van der Waals surface area contributed by atoms with E-state index in [2.05, 4.69) is 15.3 Å². The molecule has 2 aromatic carbocycles. The Morgan fingerprint density at radius 3 is 3.00 bits per heavy atom. The number of benzene rings is 2. The van der Waals surface area contributed by atoms with E-state index in [1.54, 1.807) is 12.3 Å². The maximum atomic E-state index is 13.2. The summed E-state index contributed by atoms with van der Waals surface area (Å²) in [6, 6.07) is 12.6. The van der Waals surface area contributed by atoms with Crippen LogP contribution in [0.5, 0.6) is 0 Å². The van der Waals surface area contributed by atoms with E-state index in [1.165, 1.54) is 23.5 Å². The van der Waals surface area contributed by atoms with Crippen LogP contribution in [0.15, 0.2) is 54.9 Å². The quantitative estimate of drug-likeness (QED) is 0.581. The lowest BCUT2D eigenvalue weighted by molar-refractivity contribution is 0.629. The Morgan fingerprint density at radius 1 is 1.10 bits per heavy atom.